The van der Waals surface area contributed by atoms with E-state index in [2.05, 4.69) is 52.4 Å². The van der Waals surface area contributed by atoms with Crippen LogP contribution in [0, 0.1) is 6.92 Å². The van der Waals surface area contributed by atoms with E-state index in [-0.39, 0.29) is 0 Å². The molecule has 0 spiro atoms. The Morgan fingerprint density at radius 3 is 2.69 bits per heavy atom. The van der Waals surface area contributed by atoms with E-state index in [9.17, 15) is 0 Å². The van der Waals surface area contributed by atoms with Gasteiger partial charge in [-0.2, -0.15) is 0 Å². The van der Waals surface area contributed by atoms with Gasteiger partial charge in [0.1, 0.15) is 0 Å². The Bertz CT molecular complexity index is 248. The third-order valence-corrected chi connectivity index (χ3v) is 2.50. The molecule has 0 fully saturated rings. The van der Waals surface area contributed by atoms with Crippen LogP contribution in [0.4, 0.5) is 0 Å². The molecule has 1 rings (SSSR count). The topological polar surface area (TPSA) is 12.0 Å². The smallest absolute Gasteiger partial charge is 0.0157 e. The van der Waals surface area contributed by atoms with Crippen molar-refractivity contribution in [3.63, 3.8) is 0 Å². The summed E-state index contributed by atoms with van der Waals surface area (Å²) in [5.41, 5.74) is 2.84. The first-order valence-electron chi connectivity index (χ1n) is 4.66. The van der Waals surface area contributed by atoms with Crippen molar-refractivity contribution < 1.29 is 0 Å². The van der Waals surface area contributed by atoms with Crippen LogP contribution in [-0.2, 0) is 6.42 Å². The van der Waals surface area contributed by atoms with E-state index in [1.807, 2.05) is 0 Å². The fourth-order valence-corrected chi connectivity index (χ4v) is 1.59. The Morgan fingerprint density at radius 1 is 1.23 bits per heavy atom. The summed E-state index contributed by atoms with van der Waals surface area (Å²) in [6, 6.07) is 8.56. The average molecular weight is 242 g/mol. The molecule has 1 N–H and O–H groups in total. The highest BCUT2D eigenvalue weighted by molar-refractivity contribution is 9.09. The van der Waals surface area contributed by atoms with Crippen molar-refractivity contribution in [1.29, 1.82) is 0 Å². The summed E-state index contributed by atoms with van der Waals surface area (Å²) in [5.74, 6) is 0. The van der Waals surface area contributed by atoms with E-state index in [0.717, 1.165) is 24.8 Å². The summed E-state index contributed by atoms with van der Waals surface area (Å²) < 4.78 is 0. The molecule has 0 bridgehead atoms. The summed E-state index contributed by atoms with van der Waals surface area (Å²) in [6.45, 7) is 4.28. The molecule has 0 atom stereocenters. The predicted molar refractivity (Wildman–Crippen MR) is 61.5 cm³/mol. The minimum Gasteiger partial charge on any atom is -0.316 e. The van der Waals surface area contributed by atoms with Gasteiger partial charge in [-0.1, -0.05) is 40.2 Å². The van der Waals surface area contributed by atoms with Gasteiger partial charge in [0.15, 0.2) is 0 Å². The van der Waals surface area contributed by atoms with Crippen molar-refractivity contribution in [3.05, 3.63) is 35.4 Å². The van der Waals surface area contributed by atoms with Crippen LogP contribution >= 0.6 is 15.9 Å². The monoisotopic (exact) mass is 241 g/mol. The van der Waals surface area contributed by atoms with E-state index in [1.165, 1.54) is 11.1 Å². The minimum absolute atomic E-state index is 1.03. The van der Waals surface area contributed by atoms with Gasteiger partial charge in [-0.25, -0.2) is 0 Å². The second kappa shape index (κ2) is 6.17. The molecule has 13 heavy (non-hydrogen) atoms. The van der Waals surface area contributed by atoms with Crippen molar-refractivity contribution >= 4 is 15.9 Å². The zero-order valence-electron chi connectivity index (χ0n) is 8.02. The maximum Gasteiger partial charge on any atom is 0.0157 e. The molecule has 0 saturated carbocycles. The first-order valence-corrected chi connectivity index (χ1v) is 5.78. The lowest BCUT2D eigenvalue weighted by atomic mass is 10.1. The fraction of sp³-hybridized carbons (Fsp3) is 0.455. The molecular formula is C11H16BrN. The molecule has 0 heterocycles. The highest BCUT2D eigenvalue weighted by Crippen LogP contribution is 2.06. The molecule has 0 aliphatic heterocycles. The van der Waals surface area contributed by atoms with Crippen LogP contribution in [0.25, 0.3) is 0 Å². The first kappa shape index (κ1) is 10.7. The van der Waals surface area contributed by atoms with Crippen LogP contribution in [-0.4, -0.2) is 18.4 Å². The van der Waals surface area contributed by atoms with Crippen molar-refractivity contribution in [2.45, 2.75) is 13.3 Å². The Hall–Kier alpha value is -0.340. The molecule has 72 valence electrons. The Labute approximate surface area is 88.7 Å². The molecule has 0 aromatic heterocycles. The highest BCUT2D eigenvalue weighted by atomic mass is 79.9. The molecule has 1 nitrogen and oxygen atoms in total. The molecule has 0 aliphatic carbocycles. The quantitative estimate of drug-likeness (QED) is 0.618. The maximum absolute atomic E-state index is 3.39. The van der Waals surface area contributed by atoms with Gasteiger partial charge >= 0.3 is 0 Å². The zero-order valence-corrected chi connectivity index (χ0v) is 9.60. The molecule has 0 radical (unpaired) electrons. The van der Waals surface area contributed by atoms with E-state index >= 15 is 0 Å². The molecule has 1 aromatic carbocycles. The van der Waals surface area contributed by atoms with Gasteiger partial charge in [-0.3, -0.25) is 0 Å². The number of hydrogen-bond acceptors (Lipinski definition) is 1. The van der Waals surface area contributed by atoms with Crippen molar-refractivity contribution in [1.82, 2.24) is 5.32 Å². The van der Waals surface area contributed by atoms with Crippen molar-refractivity contribution in [2.24, 2.45) is 0 Å². The molecule has 0 unspecified atom stereocenters. The lowest BCUT2D eigenvalue weighted by Gasteiger charge is -2.05. The predicted octanol–water partition coefficient (Wildman–Crippen LogP) is 2.52. The van der Waals surface area contributed by atoms with Crippen LogP contribution in [0.3, 0.4) is 0 Å². The number of benzene rings is 1. The molecule has 0 saturated heterocycles. The number of rotatable bonds is 5. The third kappa shape index (κ3) is 3.92. The number of nitrogens with one attached hydrogen (secondary N) is 1. The minimum atomic E-state index is 1.03. The largest absolute Gasteiger partial charge is 0.316 e. The van der Waals surface area contributed by atoms with Crippen LogP contribution in [0.1, 0.15) is 11.1 Å². The lowest BCUT2D eigenvalue weighted by Crippen LogP contribution is -2.19. The zero-order chi connectivity index (χ0) is 9.52. The standard InChI is InChI=1S/C11H16BrN/c1-10-4-2-3-5-11(10)6-8-13-9-7-12/h2-5,13H,6-9H2,1H3. The second-order valence-corrected chi connectivity index (χ2v) is 3.91. The summed E-state index contributed by atoms with van der Waals surface area (Å²) in [7, 11) is 0. The van der Waals surface area contributed by atoms with E-state index < -0.39 is 0 Å². The van der Waals surface area contributed by atoms with Gasteiger partial charge in [0, 0.05) is 11.9 Å². The highest BCUT2D eigenvalue weighted by Gasteiger charge is 1.95. The SMILES string of the molecule is Cc1ccccc1CCNCCBr. The van der Waals surface area contributed by atoms with E-state index in [4.69, 9.17) is 0 Å². The van der Waals surface area contributed by atoms with Gasteiger partial charge in [0.25, 0.3) is 0 Å². The number of alkyl halides is 1. The summed E-state index contributed by atoms with van der Waals surface area (Å²) in [5, 5.41) is 4.39. The van der Waals surface area contributed by atoms with Crippen LogP contribution in [0.2, 0.25) is 0 Å². The number of hydrogen-bond donors (Lipinski definition) is 1. The van der Waals surface area contributed by atoms with Crippen LogP contribution in [0.15, 0.2) is 24.3 Å². The van der Waals surface area contributed by atoms with Gasteiger partial charge in [0.05, 0.1) is 0 Å². The summed E-state index contributed by atoms with van der Waals surface area (Å²) in [4.78, 5) is 0. The van der Waals surface area contributed by atoms with Crippen molar-refractivity contribution in [2.75, 3.05) is 18.4 Å². The van der Waals surface area contributed by atoms with Crippen molar-refractivity contribution in [3.8, 4) is 0 Å². The second-order valence-electron chi connectivity index (χ2n) is 3.12. The molecular weight excluding hydrogens is 226 g/mol. The number of halogens is 1. The lowest BCUT2D eigenvalue weighted by molar-refractivity contribution is 0.721. The van der Waals surface area contributed by atoms with Crippen LogP contribution in [0.5, 0.6) is 0 Å². The molecule has 0 amide bonds. The van der Waals surface area contributed by atoms with Gasteiger partial charge in [-0.15, -0.1) is 0 Å². The molecule has 1 aromatic rings. The van der Waals surface area contributed by atoms with Gasteiger partial charge in [-0.05, 0) is 31.0 Å². The Kier molecular flexibility index (Phi) is 5.09. The molecule has 0 aliphatic rings. The molecule has 2 heteroatoms. The summed E-state index contributed by atoms with van der Waals surface area (Å²) in [6.07, 6.45) is 1.12. The maximum atomic E-state index is 3.39. The van der Waals surface area contributed by atoms with Crippen LogP contribution < -0.4 is 5.32 Å². The fourth-order valence-electron chi connectivity index (χ4n) is 1.31. The van der Waals surface area contributed by atoms with E-state index in [0.29, 0.717) is 0 Å². The first-order chi connectivity index (χ1) is 6.34. The normalized spacial score (nSPS) is 10.3. The third-order valence-electron chi connectivity index (χ3n) is 2.10. The van der Waals surface area contributed by atoms with Gasteiger partial charge < -0.3 is 5.32 Å². The summed E-state index contributed by atoms with van der Waals surface area (Å²) >= 11 is 3.39. The number of aryl methyl sites for hydroxylation is 1. The van der Waals surface area contributed by atoms with Gasteiger partial charge in [0.2, 0.25) is 0 Å². The van der Waals surface area contributed by atoms with E-state index in [1.54, 1.807) is 0 Å². The Balaban J connectivity index is 2.32. The Morgan fingerprint density at radius 2 is 2.00 bits per heavy atom. The average Bonchev–Trinajstić information content (AvgIpc) is 2.15.